The van der Waals surface area contributed by atoms with E-state index in [1.54, 1.807) is 13.2 Å². The van der Waals surface area contributed by atoms with Gasteiger partial charge in [0.15, 0.2) is 11.5 Å². The van der Waals surface area contributed by atoms with Gasteiger partial charge < -0.3 is 19.9 Å². The molecule has 1 unspecified atom stereocenters. The third kappa shape index (κ3) is 2.60. The van der Waals surface area contributed by atoms with Crippen LogP contribution in [0.3, 0.4) is 0 Å². The molecule has 4 nitrogen and oxygen atoms in total. The molecule has 0 bridgehead atoms. The molecule has 1 aliphatic heterocycles. The second kappa shape index (κ2) is 5.59. The van der Waals surface area contributed by atoms with Crippen molar-refractivity contribution in [1.29, 1.82) is 0 Å². The van der Waals surface area contributed by atoms with Crippen molar-refractivity contribution in [2.75, 3.05) is 26.8 Å². The Morgan fingerprint density at radius 2 is 2.22 bits per heavy atom. The Balaban J connectivity index is 2.41. The van der Waals surface area contributed by atoms with Gasteiger partial charge in [0.2, 0.25) is 0 Å². The average molecular weight is 251 g/mol. The molecule has 0 radical (unpaired) electrons. The van der Waals surface area contributed by atoms with Crippen molar-refractivity contribution in [3.05, 3.63) is 23.3 Å². The zero-order chi connectivity index (χ0) is 13.1. The molecule has 1 saturated heterocycles. The average Bonchev–Trinajstić information content (AvgIpc) is 2.38. The van der Waals surface area contributed by atoms with E-state index in [1.165, 1.54) is 0 Å². The number of morpholine rings is 1. The summed E-state index contributed by atoms with van der Waals surface area (Å²) in [6.07, 6.45) is -0.0571. The summed E-state index contributed by atoms with van der Waals surface area (Å²) in [5.74, 6) is 1.07. The lowest BCUT2D eigenvalue weighted by molar-refractivity contribution is 0.0260. The highest BCUT2D eigenvalue weighted by atomic mass is 16.5. The molecule has 0 saturated carbocycles. The molecule has 0 amide bonds. The smallest absolute Gasteiger partial charge is 0.166 e. The van der Waals surface area contributed by atoms with Crippen molar-refractivity contribution < 1.29 is 14.6 Å². The number of aromatic hydroxyl groups is 1. The van der Waals surface area contributed by atoms with Crippen LogP contribution in [-0.4, -0.2) is 31.9 Å². The van der Waals surface area contributed by atoms with E-state index in [0.717, 1.165) is 24.2 Å². The van der Waals surface area contributed by atoms with E-state index in [2.05, 4.69) is 25.2 Å². The normalized spacial score (nSPS) is 20.1. The molecular formula is C14H21NO3. The fourth-order valence-corrected chi connectivity index (χ4v) is 2.22. The van der Waals surface area contributed by atoms with Crippen LogP contribution in [-0.2, 0) is 4.74 Å². The summed E-state index contributed by atoms with van der Waals surface area (Å²) >= 11 is 0. The van der Waals surface area contributed by atoms with Gasteiger partial charge in [-0.3, -0.25) is 0 Å². The molecule has 1 fully saturated rings. The van der Waals surface area contributed by atoms with Gasteiger partial charge in [0.1, 0.15) is 0 Å². The number of nitrogens with one attached hydrogen (secondary N) is 1. The van der Waals surface area contributed by atoms with Crippen LogP contribution in [0.25, 0.3) is 0 Å². The molecule has 1 aromatic rings. The zero-order valence-corrected chi connectivity index (χ0v) is 11.2. The predicted molar refractivity (Wildman–Crippen MR) is 70.3 cm³/mol. The number of hydrogen-bond acceptors (Lipinski definition) is 4. The van der Waals surface area contributed by atoms with E-state index in [4.69, 9.17) is 9.47 Å². The molecule has 0 aliphatic carbocycles. The van der Waals surface area contributed by atoms with Crippen molar-refractivity contribution in [2.45, 2.75) is 25.9 Å². The lowest BCUT2D eigenvalue weighted by atomic mass is 9.96. The third-order valence-electron chi connectivity index (χ3n) is 3.27. The van der Waals surface area contributed by atoms with Crippen LogP contribution in [0.5, 0.6) is 11.5 Å². The maximum absolute atomic E-state index is 10.1. The summed E-state index contributed by atoms with van der Waals surface area (Å²) in [4.78, 5) is 0. The van der Waals surface area contributed by atoms with E-state index in [1.807, 2.05) is 0 Å². The quantitative estimate of drug-likeness (QED) is 0.864. The molecule has 2 rings (SSSR count). The summed E-state index contributed by atoms with van der Waals surface area (Å²) in [6, 6.07) is 3.84. The lowest BCUT2D eigenvalue weighted by Crippen LogP contribution is -2.33. The maximum atomic E-state index is 10.1. The third-order valence-corrected chi connectivity index (χ3v) is 3.27. The molecule has 2 N–H and O–H groups in total. The Hall–Kier alpha value is -1.26. The van der Waals surface area contributed by atoms with Gasteiger partial charge in [-0.25, -0.2) is 0 Å². The van der Waals surface area contributed by atoms with Gasteiger partial charge in [-0.1, -0.05) is 13.8 Å². The van der Waals surface area contributed by atoms with Crippen LogP contribution >= 0.6 is 0 Å². The van der Waals surface area contributed by atoms with Gasteiger partial charge in [0.05, 0.1) is 19.8 Å². The number of phenolic OH excluding ortho intramolecular Hbond substituents is 1. The largest absolute Gasteiger partial charge is 0.504 e. The van der Waals surface area contributed by atoms with Crippen molar-refractivity contribution in [1.82, 2.24) is 5.32 Å². The number of ether oxygens (including phenoxy) is 2. The van der Waals surface area contributed by atoms with Crippen molar-refractivity contribution in [2.24, 2.45) is 0 Å². The first kappa shape index (κ1) is 13.2. The number of hydrogen-bond donors (Lipinski definition) is 2. The van der Waals surface area contributed by atoms with Crippen molar-refractivity contribution in [3.63, 3.8) is 0 Å². The Kier molecular flexibility index (Phi) is 4.09. The first-order chi connectivity index (χ1) is 8.63. The van der Waals surface area contributed by atoms with E-state index in [-0.39, 0.29) is 11.9 Å². The van der Waals surface area contributed by atoms with E-state index < -0.39 is 0 Å². The molecule has 0 spiro atoms. The highest BCUT2D eigenvalue weighted by Gasteiger charge is 2.23. The van der Waals surface area contributed by atoms with Crippen LogP contribution < -0.4 is 10.1 Å². The molecule has 1 aliphatic rings. The Labute approximate surface area is 108 Å². The van der Waals surface area contributed by atoms with Gasteiger partial charge in [-0.15, -0.1) is 0 Å². The predicted octanol–water partition coefficient (Wildman–Crippen LogP) is 2.19. The minimum absolute atomic E-state index is 0.0571. The lowest BCUT2D eigenvalue weighted by Gasteiger charge is -2.26. The fraction of sp³-hybridized carbons (Fsp3) is 0.571. The minimum atomic E-state index is -0.0571. The molecule has 4 heteroatoms. The Morgan fingerprint density at radius 1 is 1.44 bits per heavy atom. The molecule has 1 aromatic carbocycles. The molecule has 0 aromatic heterocycles. The Bertz CT molecular complexity index is 412. The first-order valence-electron chi connectivity index (χ1n) is 6.36. The van der Waals surface area contributed by atoms with Crippen LogP contribution in [0.1, 0.15) is 37.0 Å². The topological polar surface area (TPSA) is 50.7 Å². The summed E-state index contributed by atoms with van der Waals surface area (Å²) in [5.41, 5.74) is 2.02. The van der Waals surface area contributed by atoms with Gasteiger partial charge in [-0.05, 0) is 23.6 Å². The highest BCUT2D eigenvalue weighted by Crippen LogP contribution is 2.38. The number of methoxy groups -OCH3 is 1. The van der Waals surface area contributed by atoms with Crippen LogP contribution in [0.2, 0.25) is 0 Å². The van der Waals surface area contributed by atoms with E-state index in [9.17, 15) is 5.11 Å². The van der Waals surface area contributed by atoms with Crippen LogP contribution in [0.4, 0.5) is 0 Å². The number of rotatable bonds is 3. The van der Waals surface area contributed by atoms with Crippen LogP contribution in [0, 0.1) is 0 Å². The van der Waals surface area contributed by atoms with Crippen molar-refractivity contribution in [3.8, 4) is 11.5 Å². The molecule has 100 valence electrons. The fourth-order valence-electron chi connectivity index (χ4n) is 2.22. The van der Waals surface area contributed by atoms with E-state index >= 15 is 0 Å². The van der Waals surface area contributed by atoms with Crippen LogP contribution in [0.15, 0.2) is 12.1 Å². The van der Waals surface area contributed by atoms with Gasteiger partial charge in [0.25, 0.3) is 0 Å². The summed E-state index contributed by atoms with van der Waals surface area (Å²) in [5, 5.41) is 13.3. The minimum Gasteiger partial charge on any atom is -0.504 e. The molecular weight excluding hydrogens is 230 g/mol. The first-order valence-corrected chi connectivity index (χ1v) is 6.36. The van der Waals surface area contributed by atoms with Gasteiger partial charge >= 0.3 is 0 Å². The van der Waals surface area contributed by atoms with Gasteiger partial charge in [0, 0.05) is 18.7 Å². The standard InChI is InChI=1S/C14H21NO3/c1-9(2)10-6-11(13-8-15-4-5-18-13)14(17-3)12(16)7-10/h6-7,9,13,15-16H,4-5,8H2,1-3H3. The molecule has 1 atom stereocenters. The second-order valence-corrected chi connectivity index (χ2v) is 4.88. The summed E-state index contributed by atoms with van der Waals surface area (Å²) in [6.45, 7) is 6.50. The van der Waals surface area contributed by atoms with E-state index in [0.29, 0.717) is 18.3 Å². The number of phenols is 1. The monoisotopic (exact) mass is 251 g/mol. The van der Waals surface area contributed by atoms with Crippen molar-refractivity contribution >= 4 is 0 Å². The molecule has 1 heterocycles. The maximum Gasteiger partial charge on any atom is 0.166 e. The van der Waals surface area contributed by atoms with Gasteiger partial charge in [-0.2, -0.15) is 0 Å². The molecule has 18 heavy (non-hydrogen) atoms. The summed E-state index contributed by atoms with van der Waals surface area (Å²) in [7, 11) is 1.57. The summed E-state index contributed by atoms with van der Waals surface area (Å²) < 4.78 is 11.0. The SMILES string of the molecule is COc1c(O)cc(C(C)C)cc1C1CNCCO1. The number of benzene rings is 1. The highest BCUT2D eigenvalue weighted by molar-refractivity contribution is 5.50. The Morgan fingerprint density at radius 3 is 2.78 bits per heavy atom. The zero-order valence-electron chi connectivity index (χ0n) is 11.2. The second-order valence-electron chi connectivity index (χ2n) is 4.88.